The third-order valence-electron chi connectivity index (χ3n) is 4.49. The van der Waals surface area contributed by atoms with Gasteiger partial charge in [-0.25, -0.2) is 9.97 Å². The van der Waals surface area contributed by atoms with Gasteiger partial charge in [-0.2, -0.15) is 0 Å². The average molecular weight is 275 g/mol. The Morgan fingerprint density at radius 3 is 2.85 bits per heavy atom. The molecule has 0 spiro atoms. The SMILES string of the molecule is CCc1nc(C2CN(C)CCCN2C)nc2c1CNC2. The molecule has 0 saturated carbocycles. The molecule has 0 aromatic carbocycles. The molecule has 0 amide bonds. The van der Waals surface area contributed by atoms with Crippen molar-refractivity contribution in [2.24, 2.45) is 0 Å². The molecule has 0 aliphatic carbocycles. The zero-order chi connectivity index (χ0) is 14.1. The molecule has 1 saturated heterocycles. The second kappa shape index (κ2) is 5.76. The minimum atomic E-state index is 0.318. The summed E-state index contributed by atoms with van der Waals surface area (Å²) < 4.78 is 0. The number of rotatable bonds is 2. The van der Waals surface area contributed by atoms with Gasteiger partial charge in [0.1, 0.15) is 5.82 Å². The minimum Gasteiger partial charge on any atom is -0.307 e. The highest BCUT2D eigenvalue weighted by atomic mass is 15.2. The van der Waals surface area contributed by atoms with Gasteiger partial charge in [0.2, 0.25) is 0 Å². The third kappa shape index (κ3) is 2.57. The molecule has 0 radical (unpaired) electrons. The van der Waals surface area contributed by atoms with Gasteiger partial charge >= 0.3 is 0 Å². The van der Waals surface area contributed by atoms with Crippen molar-refractivity contribution in [3.63, 3.8) is 0 Å². The van der Waals surface area contributed by atoms with Crippen LogP contribution in [0.25, 0.3) is 0 Å². The number of fused-ring (bicyclic) bond motifs is 1. The predicted octanol–water partition coefficient (Wildman–Crippen LogP) is 0.951. The van der Waals surface area contributed by atoms with E-state index < -0.39 is 0 Å². The van der Waals surface area contributed by atoms with Crippen molar-refractivity contribution in [1.29, 1.82) is 0 Å². The quantitative estimate of drug-likeness (QED) is 0.870. The molecule has 3 rings (SSSR count). The Morgan fingerprint density at radius 2 is 2.05 bits per heavy atom. The monoisotopic (exact) mass is 275 g/mol. The molecule has 5 heteroatoms. The van der Waals surface area contributed by atoms with E-state index in [1.807, 2.05) is 0 Å². The molecule has 3 heterocycles. The maximum Gasteiger partial charge on any atom is 0.147 e. The van der Waals surface area contributed by atoms with E-state index in [1.54, 1.807) is 0 Å². The molecule has 1 aromatic rings. The van der Waals surface area contributed by atoms with Crippen LogP contribution >= 0.6 is 0 Å². The van der Waals surface area contributed by atoms with Gasteiger partial charge in [-0.15, -0.1) is 0 Å². The summed E-state index contributed by atoms with van der Waals surface area (Å²) in [5, 5.41) is 3.40. The molecule has 1 unspecified atom stereocenters. The molecule has 2 aliphatic heterocycles. The Labute approximate surface area is 121 Å². The first-order valence-electron chi connectivity index (χ1n) is 7.67. The lowest BCUT2D eigenvalue weighted by molar-refractivity contribution is 0.219. The minimum absolute atomic E-state index is 0.318. The van der Waals surface area contributed by atoms with Crippen molar-refractivity contribution in [3.05, 3.63) is 22.8 Å². The lowest BCUT2D eigenvalue weighted by Crippen LogP contribution is -2.32. The van der Waals surface area contributed by atoms with Gasteiger partial charge in [0.15, 0.2) is 0 Å². The Morgan fingerprint density at radius 1 is 1.20 bits per heavy atom. The van der Waals surface area contributed by atoms with Crippen molar-refractivity contribution < 1.29 is 0 Å². The van der Waals surface area contributed by atoms with Gasteiger partial charge in [0.25, 0.3) is 0 Å². The van der Waals surface area contributed by atoms with Crippen LogP contribution in [0.5, 0.6) is 0 Å². The third-order valence-corrected chi connectivity index (χ3v) is 4.49. The van der Waals surface area contributed by atoms with Crippen LogP contribution in [0.3, 0.4) is 0 Å². The summed E-state index contributed by atoms with van der Waals surface area (Å²) in [6.07, 6.45) is 2.21. The Balaban J connectivity index is 1.96. The summed E-state index contributed by atoms with van der Waals surface area (Å²) in [5.41, 5.74) is 3.78. The lowest BCUT2D eigenvalue weighted by atomic mass is 10.1. The topological polar surface area (TPSA) is 44.3 Å². The summed E-state index contributed by atoms with van der Waals surface area (Å²) >= 11 is 0. The van der Waals surface area contributed by atoms with Crippen LogP contribution in [0.4, 0.5) is 0 Å². The van der Waals surface area contributed by atoms with Crippen molar-refractivity contribution in [3.8, 4) is 0 Å². The van der Waals surface area contributed by atoms with Crippen LogP contribution in [0, 0.1) is 0 Å². The Hall–Kier alpha value is -1.04. The van der Waals surface area contributed by atoms with E-state index in [1.165, 1.54) is 23.4 Å². The largest absolute Gasteiger partial charge is 0.307 e. The summed E-state index contributed by atoms with van der Waals surface area (Å²) in [7, 11) is 4.39. The molecule has 2 aliphatic rings. The normalized spacial score (nSPS) is 24.6. The first-order valence-corrected chi connectivity index (χ1v) is 7.67. The summed E-state index contributed by atoms with van der Waals surface area (Å²) in [4.78, 5) is 14.6. The Kier molecular flexibility index (Phi) is 4.01. The smallest absolute Gasteiger partial charge is 0.147 e. The maximum absolute atomic E-state index is 4.89. The standard InChI is InChI=1S/C15H25N5/c1-4-12-11-8-16-9-13(11)18-15(17-12)14-10-19(2)6-5-7-20(14)3/h14,16H,4-10H2,1-3H3. The molecule has 20 heavy (non-hydrogen) atoms. The van der Waals surface area contributed by atoms with E-state index >= 15 is 0 Å². The number of likely N-dealkylation sites (N-methyl/N-ethyl adjacent to an activating group) is 2. The van der Waals surface area contributed by atoms with Crippen molar-refractivity contribution in [1.82, 2.24) is 25.1 Å². The summed E-state index contributed by atoms with van der Waals surface area (Å²) in [5.74, 6) is 1.01. The zero-order valence-electron chi connectivity index (χ0n) is 12.8. The maximum atomic E-state index is 4.89. The molecule has 0 bridgehead atoms. The van der Waals surface area contributed by atoms with Gasteiger partial charge in [0, 0.05) is 30.9 Å². The van der Waals surface area contributed by atoms with E-state index in [4.69, 9.17) is 9.97 Å². The van der Waals surface area contributed by atoms with E-state index in [-0.39, 0.29) is 0 Å². The number of hydrogen-bond donors (Lipinski definition) is 1. The highest BCUT2D eigenvalue weighted by molar-refractivity contribution is 5.30. The number of nitrogens with one attached hydrogen (secondary N) is 1. The van der Waals surface area contributed by atoms with Crippen molar-refractivity contribution >= 4 is 0 Å². The van der Waals surface area contributed by atoms with Gasteiger partial charge in [-0.3, -0.25) is 4.90 Å². The van der Waals surface area contributed by atoms with Crippen LogP contribution in [-0.2, 0) is 19.5 Å². The molecule has 5 nitrogen and oxygen atoms in total. The van der Waals surface area contributed by atoms with E-state index in [0.29, 0.717) is 6.04 Å². The highest BCUT2D eigenvalue weighted by Gasteiger charge is 2.27. The molecule has 1 fully saturated rings. The molecule has 1 atom stereocenters. The molecular weight excluding hydrogens is 250 g/mol. The fourth-order valence-electron chi connectivity index (χ4n) is 3.25. The number of aromatic nitrogens is 2. The van der Waals surface area contributed by atoms with Crippen LogP contribution in [-0.4, -0.2) is 53.5 Å². The fraction of sp³-hybridized carbons (Fsp3) is 0.733. The van der Waals surface area contributed by atoms with Crippen LogP contribution < -0.4 is 5.32 Å². The van der Waals surface area contributed by atoms with Gasteiger partial charge < -0.3 is 10.2 Å². The van der Waals surface area contributed by atoms with Gasteiger partial charge in [-0.05, 0) is 40.0 Å². The first-order chi connectivity index (χ1) is 9.69. The fourth-order valence-corrected chi connectivity index (χ4v) is 3.25. The number of hydrogen-bond acceptors (Lipinski definition) is 5. The van der Waals surface area contributed by atoms with Crippen molar-refractivity contribution in [2.45, 2.75) is 38.9 Å². The summed E-state index contributed by atoms with van der Waals surface area (Å²) in [6, 6.07) is 0.318. The highest BCUT2D eigenvalue weighted by Crippen LogP contribution is 2.24. The number of nitrogens with zero attached hydrogens (tertiary/aromatic N) is 4. The van der Waals surface area contributed by atoms with Gasteiger partial charge in [-0.1, -0.05) is 6.92 Å². The second-order valence-electron chi connectivity index (χ2n) is 6.02. The second-order valence-corrected chi connectivity index (χ2v) is 6.02. The first kappa shape index (κ1) is 13.9. The molecular formula is C15H25N5. The number of aryl methyl sites for hydroxylation is 1. The van der Waals surface area contributed by atoms with Crippen LogP contribution in [0.1, 0.15) is 42.2 Å². The van der Waals surface area contributed by atoms with Crippen molar-refractivity contribution in [2.75, 3.05) is 33.7 Å². The van der Waals surface area contributed by atoms with Gasteiger partial charge in [0.05, 0.1) is 11.7 Å². The zero-order valence-corrected chi connectivity index (χ0v) is 12.8. The predicted molar refractivity (Wildman–Crippen MR) is 79.4 cm³/mol. The molecule has 110 valence electrons. The van der Waals surface area contributed by atoms with E-state index in [9.17, 15) is 0 Å². The molecule has 1 N–H and O–H groups in total. The van der Waals surface area contributed by atoms with Crippen LogP contribution in [0.15, 0.2) is 0 Å². The summed E-state index contributed by atoms with van der Waals surface area (Å²) in [6.45, 7) is 7.31. The van der Waals surface area contributed by atoms with E-state index in [2.05, 4.69) is 36.1 Å². The lowest BCUT2D eigenvalue weighted by Gasteiger charge is -2.26. The van der Waals surface area contributed by atoms with Crippen LogP contribution in [0.2, 0.25) is 0 Å². The molecule has 1 aromatic heterocycles. The average Bonchev–Trinajstić information content (AvgIpc) is 2.85. The van der Waals surface area contributed by atoms with E-state index in [0.717, 1.165) is 45.0 Å². The Bertz CT molecular complexity index is 487.